The molecular weight excluding hydrogens is 455 g/mol. The first kappa shape index (κ1) is 24.0. The molecule has 168 valence electrons. The zero-order valence-corrected chi connectivity index (χ0v) is 20.3. The van der Waals surface area contributed by atoms with Gasteiger partial charge < -0.3 is 18.8 Å². The van der Waals surface area contributed by atoms with Crippen molar-refractivity contribution >= 4 is 45.8 Å². The second kappa shape index (κ2) is 11.3. The maximum absolute atomic E-state index is 8.77. The third kappa shape index (κ3) is 5.98. The van der Waals surface area contributed by atoms with Crippen LogP contribution in [0.25, 0.3) is 11.0 Å². The Morgan fingerprint density at radius 2 is 1.52 bits per heavy atom. The molecule has 0 amide bonds. The Labute approximate surface area is 198 Å². The standard InChI is InChI=1S/C23H29Cl3N4O/c1-3-28(4-2)11-5-12-30-21-16-18(25)7-9-20(21)29(23(30)27)13-6-14-31-22-10-8-17(24)15-19(22)26/h7-10,15-16,27H,3-6,11-14H2,1-2H3. The molecule has 0 aliphatic heterocycles. The molecule has 0 saturated heterocycles. The maximum Gasteiger partial charge on any atom is 0.202 e. The molecule has 1 aromatic heterocycles. The topological polar surface area (TPSA) is 46.2 Å². The summed E-state index contributed by atoms with van der Waals surface area (Å²) in [7, 11) is 0. The molecule has 0 aliphatic carbocycles. The molecule has 3 aromatic rings. The summed E-state index contributed by atoms with van der Waals surface area (Å²) in [6, 6.07) is 11.0. The van der Waals surface area contributed by atoms with E-state index in [1.807, 2.05) is 22.8 Å². The highest BCUT2D eigenvalue weighted by Gasteiger charge is 2.12. The van der Waals surface area contributed by atoms with Crippen LogP contribution >= 0.6 is 34.8 Å². The first-order valence-electron chi connectivity index (χ1n) is 10.7. The van der Waals surface area contributed by atoms with Crippen LogP contribution in [-0.2, 0) is 13.1 Å². The lowest BCUT2D eigenvalue weighted by atomic mass is 10.3. The number of hydrogen-bond donors (Lipinski definition) is 1. The minimum atomic E-state index is 0.487. The number of fused-ring (bicyclic) bond motifs is 1. The molecule has 3 rings (SSSR count). The molecule has 0 aliphatic rings. The molecule has 0 atom stereocenters. The Morgan fingerprint density at radius 1 is 0.871 bits per heavy atom. The Morgan fingerprint density at radius 3 is 2.23 bits per heavy atom. The number of aryl methyl sites for hydroxylation is 2. The average Bonchev–Trinajstić information content (AvgIpc) is 3.00. The van der Waals surface area contributed by atoms with E-state index in [0.29, 0.717) is 39.6 Å². The van der Waals surface area contributed by atoms with Gasteiger partial charge in [-0.3, -0.25) is 5.41 Å². The van der Waals surface area contributed by atoms with Gasteiger partial charge in [0.25, 0.3) is 0 Å². The highest BCUT2D eigenvalue weighted by molar-refractivity contribution is 6.35. The fraction of sp³-hybridized carbons (Fsp3) is 0.435. The smallest absolute Gasteiger partial charge is 0.202 e. The molecule has 1 heterocycles. The number of rotatable bonds is 11. The lowest BCUT2D eigenvalue weighted by molar-refractivity contribution is 0.291. The summed E-state index contributed by atoms with van der Waals surface area (Å²) in [5, 5.41) is 10.5. The van der Waals surface area contributed by atoms with Crippen molar-refractivity contribution in [2.24, 2.45) is 0 Å². The van der Waals surface area contributed by atoms with Crippen molar-refractivity contribution in [1.29, 1.82) is 5.41 Å². The second-order valence-corrected chi connectivity index (χ2v) is 8.70. The van der Waals surface area contributed by atoms with Crippen molar-refractivity contribution in [3.63, 3.8) is 0 Å². The normalized spacial score (nSPS) is 11.5. The zero-order valence-electron chi connectivity index (χ0n) is 18.0. The Hall–Kier alpha value is -1.66. The van der Waals surface area contributed by atoms with Gasteiger partial charge in [0.1, 0.15) is 5.75 Å². The predicted molar refractivity (Wildman–Crippen MR) is 130 cm³/mol. The average molecular weight is 484 g/mol. The van der Waals surface area contributed by atoms with Crippen LogP contribution in [0.1, 0.15) is 26.7 Å². The molecule has 8 heteroatoms. The van der Waals surface area contributed by atoms with Crippen molar-refractivity contribution in [3.05, 3.63) is 57.1 Å². The number of imidazole rings is 1. The first-order chi connectivity index (χ1) is 14.9. The zero-order chi connectivity index (χ0) is 22.4. The number of nitrogens with zero attached hydrogens (tertiary/aromatic N) is 3. The van der Waals surface area contributed by atoms with E-state index in [0.717, 1.165) is 50.1 Å². The molecule has 0 spiro atoms. The van der Waals surface area contributed by atoms with Crippen LogP contribution in [0.3, 0.4) is 0 Å². The van der Waals surface area contributed by atoms with E-state index in [1.54, 1.807) is 18.2 Å². The third-order valence-electron chi connectivity index (χ3n) is 5.46. The Balaban J connectivity index is 1.71. The van der Waals surface area contributed by atoms with E-state index in [2.05, 4.69) is 23.3 Å². The van der Waals surface area contributed by atoms with E-state index in [-0.39, 0.29) is 0 Å². The number of aromatic nitrogens is 2. The highest BCUT2D eigenvalue weighted by Crippen LogP contribution is 2.27. The fourth-order valence-electron chi connectivity index (χ4n) is 3.76. The van der Waals surface area contributed by atoms with Gasteiger partial charge in [-0.1, -0.05) is 48.7 Å². The number of ether oxygens (including phenoxy) is 1. The van der Waals surface area contributed by atoms with Crippen LogP contribution in [0.4, 0.5) is 0 Å². The van der Waals surface area contributed by atoms with E-state index in [1.165, 1.54) is 0 Å². The quantitative estimate of drug-likeness (QED) is 0.336. The van der Waals surface area contributed by atoms with Crippen molar-refractivity contribution in [2.75, 3.05) is 26.2 Å². The van der Waals surface area contributed by atoms with Crippen LogP contribution in [0.5, 0.6) is 5.75 Å². The predicted octanol–water partition coefficient (Wildman–Crippen LogP) is 6.08. The molecule has 2 aromatic carbocycles. The van der Waals surface area contributed by atoms with Gasteiger partial charge in [-0.25, -0.2) is 0 Å². The molecule has 0 bridgehead atoms. The summed E-state index contributed by atoms with van der Waals surface area (Å²) in [6.07, 6.45) is 1.73. The lowest BCUT2D eigenvalue weighted by Crippen LogP contribution is -2.28. The number of nitrogens with one attached hydrogen (secondary N) is 1. The van der Waals surface area contributed by atoms with Gasteiger partial charge in [0.05, 0.1) is 22.7 Å². The van der Waals surface area contributed by atoms with Crippen LogP contribution < -0.4 is 10.4 Å². The molecule has 0 radical (unpaired) electrons. The van der Waals surface area contributed by atoms with Gasteiger partial charge in [-0.15, -0.1) is 0 Å². The second-order valence-electron chi connectivity index (χ2n) is 7.42. The van der Waals surface area contributed by atoms with Crippen molar-refractivity contribution in [3.8, 4) is 5.75 Å². The van der Waals surface area contributed by atoms with E-state index in [4.69, 9.17) is 44.9 Å². The van der Waals surface area contributed by atoms with E-state index in [9.17, 15) is 0 Å². The minimum Gasteiger partial charge on any atom is -0.492 e. The number of halogens is 3. The van der Waals surface area contributed by atoms with E-state index >= 15 is 0 Å². The number of hydrogen-bond acceptors (Lipinski definition) is 3. The van der Waals surface area contributed by atoms with Crippen molar-refractivity contribution in [2.45, 2.75) is 39.8 Å². The summed E-state index contributed by atoms with van der Waals surface area (Å²) >= 11 is 18.4. The SMILES string of the molecule is CCN(CC)CCCn1c(=N)n(CCCOc2ccc(Cl)cc2Cl)c2ccc(Cl)cc21. The summed E-state index contributed by atoms with van der Waals surface area (Å²) in [6.45, 7) is 9.41. The van der Waals surface area contributed by atoms with Crippen LogP contribution in [-0.4, -0.2) is 40.3 Å². The third-order valence-corrected chi connectivity index (χ3v) is 6.22. The summed E-state index contributed by atoms with van der Waals surface area (Å²) < 4.78 is 9.89. The Kier molecular flexibility index (Phi) is 8.73. The summed E-state index contributed by atoms with van der Waals surface area (Å²) in [4.78, 5) is 2.40. The molecule has 0 fully saturated rings. The maximum atomic E-state index is 8.77. The summed E-state index contributed by atoms with van der Waals surface area (Å²) in [5.41, 5.74) is 2.50. The molecule has 1 N–H and O–H groups in total. The monoisotopic (exact) mass is 482 g/mol. The van der Waals surface area contributed by atoms with Crippen LogP contribution in [0.2, 0.25) is 15.1 Å². The molecule has 0 unspecified atom stereocenters. The van der Waals surface area contributed by atoms with E-state index < -0.39 is 0 Å². The van der Waals surface area contributed by atoms with Crippen molar-refractivity contribution < 1.29 is 4.74 Å². The van der Waals surface area contributed by atoms with Gasteiger partial charge in [0, 0.05) is 23.1 Å². The minimum absolute atomic E-state index is 0.487. The molecule has 5 nitrogen and oxygen atoms in total. The van der Waals surface area contributed by atoms with Crippen molar-refractivity contribution in [1.82, 2.24) is 14.0 Å². The van der Waals surface area contributed by atoms with Gasteiger partial charge in [0.2, 0.25) is 5.62 Å². The van der Waals surface area contributed by atoms with Gasteiger partial charge >= 0.3 is 0 Å². The largest absolute Gasteiger partial charge is 0.492 e. The van der Waals surface area contributed by atoms with Crippen LogP contribution in [0, 0.1) is 5.41 Å². The number of benzene rings is 2. The van der Waals surface area contributed by atoms with Gasteiger partial charge in [0.15, 0.2) is 0 Å². The highest BCUT2D eigenvalue weighted by atomic mass is 35.5. The Bertz CT molecular complexity index is 1070. The molecule has 0 saturated carbocycles. The lowest BCUT2D eigenvalue weighted by Gasteiger charge is -2.17. The van der Waals surface area contributed by atoms with Crippen LogP contribution in [0.15, 0.2) is 36.4 Å². The fourth-order valence-corrected chi connectivity index (χ4v) is 4.39. The molecule has 31 heavy (non-hydrogen) atoms. The summed E-state index contributed by atoms with van der Waals surface area (Å²) in [5.74, 6) is 0.618. The molecular formula is C23H29Cl3N4O. The van der Waals surface area contributed by atoms with Gasteiger partial charge in [-0.05, 0) is 68.9 Å². The first-order valence-corrected chi connectivity index (χ1v) is 11.8. The van der Waals surface area contributed by atoms with Gasteiger partial charge in [-0.2, -0.15) is 0 Å².